The monoisotopic (exact) mass is 294 g/mol. The van der Waals surface area contributed by atoms with E-state index in [9.17, 15) is 9.59 Å². The van der Waals surface area contributed by atoms with Crippen molar-refractivity contribution in [3.8, 4) is 0 Å². The number of nitrogens with two attached hydrogens (primary N) is 1. The SMILES string of the molecule is CCCn1c(N)c(NCC2C(C)(C)C2(C)C)c(=O)[nH]c1=O. The lowest BCUT2D eigenvalue weighted by atomic mass is 10.0. The van der Waals surface area contributed by atoms with E-state index in [4.69, 9.17) is 5.73 Å². The number of nitrogen functional groups attached to an aromatic ring is 1. The van der Waals surface area contributed by atoms with E-state index in [0.717, 1.165) is 6.42 Å². The van der Waals surface area contributed by atoms with Gasteiger partial charge in [-0.05, 0) is 23.2 Å². The zero-order chi connectivity index (χ0) is 16.0. The maximum Gasteiger partial charge on any atom is 0.330 e. The molecule has 1 aliphatic rings. The maximum atomic E-state index is 12.0. The summed E-state index contributed by atoms with van der Waals surface area (Å²) < 4.78 is 1.41. The number of aromatic amines is 1. The van der Waals surface area contributed by atoms with Gasteiger partial charge in [-0.2, -0.15) is 0 Å². The van der Waals surface area contributed by atoms with Gasteiger partial charge in [0.05, 0.1) is 0 Å². The maximum absolute atomic E-state index is 12.0. The zero-order valence-corrected chi connectivity index (χ0v) is 13.5. The quantitative estimate of drug-likeness (QED) is 0.769. The molecule has 1 saturated carbocycles. The van der Waals surface area contributed by atoms with E-state index in [1.165, 1.54) is 4.57 Å². The molecule has 21 heavy (non-hydrogen) atoms. The normalized spacial score (nSPS) is 19.5. The summed E-state index contributed by atoms with van der Waals surface area (Å²) in [6, 6.07) is 0. The summed E-state index contributed by atoms with van der Waals surface area (Å²) in [5, 5.41) is 3.15. The van der Waals surface area contributed by atoms with Crippen LogP contribution in [0.2, 0.25) is 0 Å². The van der Waals surface area contributed by atoms with Crippen LogP contribution in [0.5, 0.6) is 0 Å². The molecule has 1 fully saturated rings. The Balaban J connectivity index is 2.24. The van der Waals surface area contributed by atoms with E-state index in [-0.39, 0.29) is 16.6 Å². The van der Waals surface area contributed by atoms with Crippen LogP contribution >= 0.6 is 0 Å². The highest BCUT2D eigenvalue weighted by Crippen LogP contribution is 2.68. The number of hydrogen-bond donors (Lipinski definition) is 3. The molecule has 0 unspecified atom stereocenters. The van der Waals surface area contributed by atoms with Gasteiger partial charge in [-0.1, -0.05) is 34.6 Å². The molecule has 4 N–H and O–H groups in total. The Bertz CT molecular complexity index is 641. The first kappa shape index (κ1) is 15.7. The molecule has 118 valence electrons. The summed E-state index contributed by atoms with van der Waals surface area (Å²) in [5.41, 5.74) is 5.88. The molecule has 1 aliphatic carbocycles. The molecule has 6 heteroatoms. The molecular formula is C15H26N4O2. The first-order chi connectivity index (χ1) is 9.64. The Labute approximate surface area is 124 Å². The Kier molecular flexibility index (Phi) is 3.68. The molecule has 1 heterocycles. The van der Waals surface area contributed by atoms with Crippen LogP contribution in [0.25, 0.3) is 0 Å². The molecule has 0 bridgehead atoms. The average molecular weight is 294 g/mol. The second-order valence-corrected chi connectivity index (χ2v) is 7.05. The number of nitrogens with zero attached hydrogens (tertiary/aromatic N) is 1. The number of nitrogens with one attached hydrogen (secondary N) is 2. The molecule has 0 radical (unpaired) electrons. The van der Waals surface area contributed by atoms with Crippen LogP contribution in [0.1, 0.15) is 41.0 Å². The van der Waals surface area contributed by atoms with E-state index in [0.29, 0.717) is 24.7 Å². The molecule has 1 aromatic rings. The molecule has 0 saturated heterocycles. The van der Waals surface area contributed by atoms with Crippen molar-refractivity contribution in [1.82, 2.24) is 9.55 Å². The third-order valence-electron chi connectivity index (χ3n) is 5.49. The molecule has 6 nitrogen and oxygen atoms in total. The topological polar surface area (TPSA) is 92.9 Å². The van der Waals surface area contributed by atoms with Crippen molar-refractivity contribution in [2.24, 2.45) is 16.7 Å². The number of anilines is 2. The van der Waals surface area contributed by atoms with Crippen molar-refractivity contribution in [2.45, 2.75) is 47.6 Å². The molecule has 0 atom stereocenters. The molecule has 0 aliphatic heterocycles. The van der Waals surface area contributed by atoms with Crippen molar-refractivity contribution in [1.29, 1.82) is 0 Å². The van der Waals surface area contributed by atoms with Crippen molar-refractivity contribution in [3.05, 3.63) is 20.8 Å². The van der Waals surface area contributed by atoms with Gasteiger partial charge < -0.3 is 11.1 Å². The second kappa shape index (κ2) is 4.93. The molecule has 0 aromatic carbocycles. The molecular weight excluding hydrogens is 268 g/mol. The van der Waals surface area contributed by atoms with Gasteiger partial charge in [0.15, 0.2) is 0 Å². The molecule has 2 rings (SSSR count). The first-order valence-corrected chi connectivity index (χ1v) is 7.51. The van der Waals surface area contributed by atoms with Gasteiger partial charge >= 0.3 is 5.69 Å². The van der Waals surface area contributed by atoms with Crippen molar-refractivity contribution in [3.63, 3.8) is 0 Å². The summed E-state index contributed by atoms with van der Waals surface area (Å²) in [6.45, 7) is 12.0. The predicted octanol–water partition coefficient (Wildman–Crippen LogP) is 1.62. The van der Waals surface area contributed by atoms with Gasteiger partial charge in [0.2, 0.25) is 0 Å². The Hall–Kier alpha value is -1.72. The van der Waals surface area contributed by atoms with Gasteiger partial charge in [-0.25, -0.2) is 4.79 Å². The summed E-state index contributed by atoms with van der Waals surface area (Å²) in [4.78, 5) is 26.0. The van der Waals surface area contributed by atoms with E-state index >= 15 is 0 Å². The molecule has 1 aromatic heterocycles. The highest BCUT2D eigenvalue weighted by molar-refractivity contribution is 5.60. The lowest BCUT2D eigenvalue weighted by Gasteiger charge is -2.13. The lowest BCUT2D eigenvalue weighted by Crippen LogP contribution is -2.34. The largest absolute Gasteiger partial charge is 0.383 e. The Morgan fingerprint density at radius 3 is 2.29 bits per heavy atom. The molecule has 0 spiro atoms. The fraction of sp³-hybridized carbons (Fsp3) is 0.733. The fourth-order valence-corrected chi connectivity index (χ4v) is 3.25. The zero-order valence-electron chi connectivity index (χ0n) is 13.5. The third-order valence-corrected chi connectivity index (χ3v) is 5.49. The number of hydrogen-bond acceptors (Lipinski definition) is 4. The van der Waals surface area contributed by atoms with Crippen LogP contribution in [-0.4, -0.2) is 16.1 Å². The number of aromatic nitrogens is 2. The minimum absolute atomic E-state index is 0.224. The van der Waals surface area contributed by atoms with Crippen LogP contribution in [0.15, 0.2) is 9.59 Å². The highest BCUT2D eigenvalue weighted by Gasteiger charge is 2.64. The van der Waals surface area contributed by atoms with Gasteiger partial charge in [0, 0.05) is 13.1 Å². The third kappa shape index (κ3) is 2.36. The predicted molar refractivity (Wildman–Crippen MR) is 85.6 cm³/mol. The Morgan fingerprint density at radius 1 is 1.24 bits per heavy atom. The van der Waals surface area contributed by atoms with Crippen LogP contribution in [0, 0.1) is 16.7 Å². The minimum atomic E-state index is -0.447. The summed E-state index contributed by atoms with van der Waals surface area (Å²) in [5.74, 6) is 0.692. The van der Waals surface area contributed by atoms with Crippen LogP contribution < -0.4 is 22.3 Å². The standard InChI is InChI=1S/C15H26N4O2/c1-6-7-19-11(16)10(12(20)18-13(19)21)17-8-9-14(2,3)15(9,4)5/h9,17H,6-8,16H2,1-5H3,(H,18,20,21). The van der Waals surface area contributed by atoms with Gasteiger partial charge in [0.25, 0.3) is 5.56 Å². The van der Waals surface area contributed by atoms with Gasteiger partial charge in [0.1, 0.15) is 11.5 Å². The van der Waals surface area contributed by atoms with Crippen molar-refractivity contribution >= 4 is 11.5 Å². The van der Waals surface area contributed by atoms with E-state index in [1.807, 2.05) is 6.92 Å². The van der Waals surface area contributed by atoms with E-state index < -0.39 is 11.2 Å². The van der Waals surface area contributed by atoms with E-state index in [1.54, 1.807) is 0 Å². The highest BCUT2D eigenvalue weighted by atomic mass is 16.2. The van der Waals surface area contributed by atoms with Crippen LogP contribution in [0.3, 0.4) is 0 Å². The van der Waals surface area contributed by atoms with Gasteiger partial charge in [-0.3, -0.25) is 14.3 Å². The summed E-state index contributed by atoms with van der Waals surface area (Å²) in [6.07, 6.45) is 0.776. The lowest BCUT2D eigenvalue weighted by molar-refractivity contribution is 0.457. The van der Waals surface area contributed by atoms with Crippen molar-refractivity contribution in [2.75, 3.05) is 17.6 Å². The Morgan fingerprint density at radius 2 is 1.81 bits per heavy atom. The van der Waals surface area contributed by atoms with Crippen LogP contribution in [0.4, 0.5) is 11.5 Å². The summed E-state index contributed by atoms with van der Waals surface area (Å²) in [7, 11) is 0. The van der Waals surface area contributed by atoms with E-state index in [2.05, 4.69) is 38.0 Å². The summed E-state index contributed by atoms with van der Waals surface area (Å²) >= 11 is 0. The van der Waals surface area contributed by atoms with Crippen molar-refractivity contribution < 1.29 is 0 Å². The van der Waals surface area contributed by atoms with Gasteiger partial charge in [-0.15, -0.1) is 0 Å². The van der Waals surface area contributed by atoms with Crippen LogP contribution in [-0.2, 0) is 6.54 Å². The minimum Gasteiger partial charge on any atom is -0.383 e. The number of H-pyrrole nitrogens is 1. The smallest absolute Gasteiger partial charge is 0.330 e. The second-order valence-electron chi connectivity index (χ2n) is 7.05. The number of rotatable bonds is 5. The molecule has 0 amide bonds. The fourth-order valence-electron chi connectivity index (χ4n) is 3.25. The average Bonchev–Trinajstić information content (AvgIpc) is 2.76. The first-order valence-electron chi connectivity index (χ1n) is 7.51.